The zero-order valence-corrected chi connectivity index (χ0v) is 13.5. The third-order valence-corrected chi connectivity index (χ3v) is 5.63. The minimum atomic E-state index is 0.223. The van der Waals surface area contributed by atoms with Gasteiger partial charge in [-0.2, -0.15) is 0 Å². The van der Waals surface area contributed by atoms with Crippen molar-refractivity contribution in [3.05, 3.63) is 10.6 Å². The lowest BCUT2D eigenvalue weighted by molar-refractivity contribution is -0.129. The number of rotatable bonds is 3. The first-order valence-electron chi connectivity index (χ1n) is 7.87. The van der Waals surface area contributed by atoms with Crippen LogP contribution in [0.5, 0.6) is 0 Å². The van der Waals surface area contributed by atoms with E-state index in [9.17, 15) is 4.79 Å². The molecule has 1 aromatic rings. The van der Waals surface area contributed by atoms with Gasteiger partial charge < -0.3 is 10.6 Å². The van der Waals surface area contributed by atoms with E-state index in [2.05, 4.69) is 9.88 Å². The number of carbonyl (C=O) groups excluding carboxylic acids is 1. The number of nitrogens with zero attached hydrogens (tertiary/aromatic N) is 3. The first-order valence-corrected chi connectivity index (χ1v) is 8.69. The largest absolute Gasteiger partial charge is 0.375 e. The molecule has 2 aliphatic heterocycles. The zero-order valence-electron chi connectivity index (χ0n) is 12.7. The van der Waals surface area contributed by atoms with Gasteiger partial charge in [-0.05, 0) is 39.3 Å². The smallest absolute Gasteiger partial charge is 0.227 e. The molecule has 0 aromatic carbocycles. The molecule has 5 nitrogen and oxygen atoms in total. The lowest BCUT2D eigenvalue weighted by Crippen LogP contribution is -2.41. The monoisotopic (exact) mass is 308 g/mol. The second kappa shape index (κ2) is 6.32. The summed E-state index contributed by atoms with van der Waals surface area (Å²) in [6, 6.07) is 0.571. The average Bonchev–Trinajstić information content (AvgIpc) is 3.07. The highest BCUT2D eigenvalue weighted by Crippen LogP contribution is 2.24. The van der Waals surface area contributed by atoms with Crippen LogP contribution >= 0.6 is 11.3 Å². The minimum Gasteiger partial charge on any atom is -0.375 e. The van der Waals surface area contributed by atoms with Crippen LogP contribution in [0.3, 0.4) is 0 Å². The Bertz CT molecular complexity index is 510. The van der Waals surface area contributed by atoms with Gasteiger partial charge in [-0.3, -0.25) is 9.69 Å². The molecule has 3 rings (SSSR count). The number of amides is 1. The topological polar surface area (TPSA) is 62.5 Å². The van der Waals surface area contributed by atoms with Crippen molar-refractivity contribution in [3.8, 4) is 0 Å². The van der Waals surface area contributed by atoms with E-state index in [4.69, 9.17) is 5.73 Å². The lowest BCUT2D eigenvalue weighted by atomic mass is 10.1. The van der Waals surface area contributed by atoms with Crippen LogP contribution in [-0.2, 0) is 11.2 Å². The van der Waals surface area contributed by atoms with Gasteiger partial charge in [0.2, 0.25) is 5.91 Å². The molecule has 1 amide bonds. The number of aromatic nitrogens is 1. The maximum absolute atomic E-state index is 12.5. The van der Waals surface area contributed by atoms with Crippen molar-refractivity contribution >= 4 is 22.4 Å². The van der Waals surface area contributed by atoms with Crippen LogP contribution in [0.25, 0.3) is 0 Å². The number of nitrogens with two attached hydrogens (primary N) is 1. The van der Waals surface area contributed by atoms with Crippen molar-refractivity contribution in [2.24, 2.45) is 0 Å². The molecule has 21 heavy (non-hydrogen) atoms. The molecule has 3 heterocycles. The standard InChI is InChI=1S/C15H24N4OS/c1-11-13(21-15(16)17-11)9-14(20)19-8-5-12(10-19)18-6-3-2-4-7-18/h12H,2-10H2,1H3,(H2,16,17)/t12-/m0/s1. The van der Waals surface area contributed by atoms with Crippen LogP contribution in [0.1, 0.15) is 36.3 Å². The van der Waals surface area contributed by atoms with Crippen LogP contribution in [0, 0.1) is 6.92 Å². The Balaban J connectivity index is 1.55. The molecule has 0 bridgehead atoms. The number of hydrogen-bond acceptors (Lipinski definition) is 5. The summed E-state index contributed by atoms with van der Waals surface area (Å²) in [5, 5.41) is 0.558. The molecule has 0 spiro atoms. The van der Waals surface area contributed by atoms with Gasteiger partial charge in [-0.15, -0.1) is 11.3 Å². The molecule has 2 saturated heterocycles. The highest BCUT2D eigenvalue weighted by molar-refractivity contribution is 7.15. The zero-order chi connectivity index (χ0) is 14.8. The van der Waals surface area contributed by atoms with E-state index < -0.39 is 0 Å². The van der Waals surface area contributed by atoms with Crippen molar-refractivity contribution in [1.29, 1.82) is 0 Å². The Hall–Kier alpha value is -1.14. The highest BCUT2D eigenvalue weighted by atomic mass is 32.1. The third-order valence-electron chi connectivity index (χ3n) is 4.64. The van der Waals surface area contributed by atoms with Gasteiger partial charge >= 0.3 is 0 Å². The lowest BCUT2D eigenvalue weighted by Gasteiger charge is -2.32. The predicted molar refractivity (Wildman–Crippen MR) is 85.4 cm³/mol. The number of nitrogen functional groups attached to an aromatic ring is 1. The van der Waals surface area contributed by atoms with Crippen LogP contribution in [-0.4, -0.2) is 52.9 Å². The number of likely N-dealkylation sites (tertiary alicyclic amines) is 2. The number of anilines is 1. The van der Waals surface area contributed by atoms with Crippen molar-refractivity contribution in [2.45, 2.75) is 45.1 Å². The molecule has 2 N–H and O–H groups in total. The van der Waals surface area contributed by atoms with Gasteiger partial charge in [-0.1, -0.05) is 6.42 Å². The second-order valence-corrected chi connectivity index (χ2v) is 7.23. The van der Waals surface area contributed by atoms with E-state index in [1.54, 1.807) is 0 Å². The highest BCUT2D eigenvalue weighted by Gasteiger charge is 2.31. The quantitative estimate of drug-likeness (QED) is 0.922. The number of aryl methyl sites for hydroxylation is 1. The van der Waals surface area contributed by atoms with Crippen LogP contribution in [0.15, 0.2) is 0 Å². The number of hydrogen-bond donors (Lipinski definition) is 1. The third kappa shape index (κ3) is 3.37. The first kappa shape index (κ1) is 14.8. The van der Waals surface area contributed by atoms with E-state index in [0.29, 0.717) is 17.6 Å². The Morgan fingerprint density at radius 1 is 1.33 bits per heavy atom. The van der Waals surface area contributed by atoms with Crippen molar-refractivity contribution in [2.75, 3.05) is 31.9 Å². The molecular weight excluding hydrogens is 284 g/mol. The van der Waals surface area contributed by atoms with Gasteiger partial charge in [0.25, 0.3) is 0 Å². The summed E-state index contributed by atoms with van der Waals surface area (Å²) in [5.74, 6) is 0.223. The van der Waals surface area contributed by atoms with Crippen molar-refractivity contribution in [1.82, 2.24) is 14.8 Å². The normalized spacial score (nSPS) is 23.7. The van der Waals surface area contributed by atoms with Crippen molar-refractivity contribution < 1.29 is 4.79 Å². The van der Waals surface area contributed by atoms with E-state index in [1.807, 2.05) is 11.8 Å². The van der Waals surface area contributed by atoms with Crippen LogP contribution in [0.2, 0.25) is 0 Å². The van der Waals surface area contributed by atoms with Gasteiger partial charge in [-0.25, -0.2) is 4.98 Å². The Labute approximate surface area is 130 Å². The Kier molecular flexibility index (Phi) is 4.45. The van der Waals surface area contributed by atoms with E-state index in [-0.39, 0.29) is 5.91 Å². The maximum Gasteiger partial charge on any atom is 0.227 e. The summed E-state index contributed by atoms with van der Waals surface area (Å²) in [4.78, 5) is 22.3. The van der Waals surface area contributed by atoms with E-state index >= 15 is 0 Å². The molecule has 0 aliphatic carbocycles. The molecular formula is C15H24N4OS. The second-order valence-electron chi connectivity index (χ2n) is 6.12. The minimum absolute atomic E-state index is 0.223. The fourth-order valence-corrected chi connectivity index (χ4v) is 4.24. The molecule has 2 fully saturated rings. The van der Waals surface area contributed by atoms with Crippen LogP contribution < -0.4 is 5.73 Å². The summed E-state index contributed by atoms with van der Waals surface area (Å²) >= 11 is 1.44. The number of piperidine rings is 1. The summed E-state index contributed by atoms with van der Waals surface area (Å²) < 4.78 is 0. The maximum atomic E-state index is 12.5. The molecule has 6 heteroatoms. The summed E-state index contributed by atoms with van der Waals surface area (Å²) in [7, 11) is 0. The molecule has 0 unspecified atom stereocenters. The first-order chi connectivity index (χ1) is 10.1. The fourth-order valence-electron chi connectivity index (χ4n) is 3.41. The van der Waals surface area contributed by atoms with E-state index in [0.717, 1.165) is 30.1 Å². The molecule has 1 aromatic heterocycles. The van der Waals surface area contributed by atoms with Gasteiger partial charge in [0, 0.05) is 24.0 Å². The van der Waals surface area contributed by atoms with Gasteiger partial charge in [0.15, 0.2) is 5.13 Å². The Morgan fingerprint density at radius 3 is 2.76 bits per heavy atom. The number of carbonyl (C=O) groups is 1. The van der Waals surface area contributed by atoms with E-state index in [1.165, 1.54) is 43.7 Å². The fraction of sp³-hybridized carbons (Fsp3) is 0.733. The SMILES string of the molecule is Cc1nc(N)sc1CC(=O)N1CC[C@H](N2CCCCC2)C1. The van der Waals surface area contributed by atoms with Gasteiger partial charge in [0.05, 0.1) is 12.1 Å². The predicted octanol–water partition coefficient (Wildman–Crippen LogP) is 1.66. The molecule has 2 aliphatic rings. The molecule has 0 saturated carbocycles. The number of thiazole rings is 1. The summed E-state index contributed by atoms with van der Waals surface area (Å²) in [5.41, 5.74) is 6.60. The Morgan fingerprint density at radius 2 is 2.10 bits per heavy atom. The van der Waals surface area contributed by atoms with Gasteiger partial charge in [0.1, 0.15) is 0 Å². The average molecular weight is 308 g/mol. The van der Waals surface area contributed by atoms with Crippen LogP contribution in [0.4, 0.5) is 5.13 Å². The summed E-state index contributed by atoms with van der Waals surface area (Å²) in [6.07, 6.45) is 5.55. The summed E-state index contributed by atoms with van der Waals surface area (Å²) in [6.45, 7) is 6.13. The molecule has 1 atom stereocenters. The molecule has 116 valence electrons. The molecule has 0 radical (unpaired) electrons. The van der Waals surface area contributed by atoms with Crippen molar-refractivity contribution in [3.63, 3.8) is 0 Å².